The summed E-state index contributed by atoms with van der Waals surface area (Å²) in [5.74, 6) is -2.50. The van der Waals surface area contributed by atoms with Crippen molar-refractivity contribution in [1.82, 2.24) is 15.1 Å². The van der Waals surface area contributed by atoms with Crippen molar-refractivity contribution in [3.63, 3.8) is 0 Å². The molecule has 0 unspecified atom stereocenters. The minimum atomic E-state index is -1.29. The summed E-state index contributed by atoms with van der Waals surface area (Å²) in [7, 11) is 1.82. The smallest absolute Gasteiger partial charge is 0.326 e. The van der Waals surface area contributed by atoms with Crippen LogP contribution < -0.4 is 11.1 Å². The normalized spacial score (nSPS) is 12.0. The molecule has 21 heavy (non-hydrogen) atoms. The second kappa shape index (κ2) is 6.87. The van der Waals surface area contributed by atoms with Gasteiger partial charge in [0, 0.05) is 19.2 Å². The molecular weight excluding hydrogens is 276 g/mol. The van der Waals surface area contributed by atoms with Crippen molar-refractivity contribution in [2.75, 3.05) is 0 Å². The van der Waals surface area contributed by atoms with Gasteiger partial charge in [-0.05, 0) is 25.8 Å². The van der Waals surface area contributed by atoms with Gasteiger partial charge in [0.2, 0.25) is 11.8 Å². The maximum atomic E-state index is 11.8. The molecule has 1 aromatic rings. The summed E-state index contributed by atoms with van der Waals surface area (Å²) in [6, 6.07) is -1.29. The van der Waals surface area contributed by atoms with Crippen molar-refractivity contribution in [1.29, 1.82) is 0 Å². The Morgan fingerprint density at radius 1 is 1.38 bits per heavy atom. The number of nitrogens with zero attached hydrogens (tertiary/aromatic N) is 2. The first kappa shape index (κ1) is 16.7. The summed E-state index contributed by atoms with van der Waals surface area (Å²) >= 11 is 0. The molecule has 8 heteroatoms. The highest BCUT2D eigenvalue weighted by atomic mass is 16.4. The van der Waals surface area contributed by atoms with E-state index >= 15 is 0 Å². The molecule has 116 valence electrons. The Morgan fingerprint density at radius 2 is 2.00 bits per heavy atom. The number of rotatable bonds is 7. The number of carboxylic acid groups (broad SMARTS) is 1. The molecular formula is C13H20N4O4. The number of hydrogen-bond donors (Lipinski definition) is 3. The van der Waals surface area contributed by atoms with Gasteiger partial charge in [-0.1, -0.05) is 0 Å². The van der Waals surface area contributed by atoms with Gasteiger partial charge in [0.15, 0.2) is 0 Å². The van der Waals surface area contributed by atoms with Crippen LogP contribution in [0.3, 0.4) is 0 Å². The van der Waals surface area contributed by atoms with Crippen LogP contribution in [0.15, 0.2) is 0 Å². The van der Waals surface area contributed by atoms with Crippen molar-refractivity contribution in [2.45, 2.75) is 39.2 Å². The predicted molar refractivity (Wildman–Crippen MR) is 74.4 cm³/mol. The van der Waals surface area contributed by atoms with Crippen LogP contribution >= 0.6 is 0 Å². The maximum absolute atomic E-state index is 11.8. The molecule has 0 saturated heterocycles. The minimum absolute atomic E-state index is 0.121. The Balaban J connectivity index is 2.61. The highest BCUT2D eigenvalue weighted by Gasteiger charge is 2.22. The number of carbonyl (C=O) groups is 3. The molecule has 1 rings (SSSR count). The molecule has 1 heterocycles. The fraction of sp³-hybridized carbons (Fsp3) is 0.538. The third-order valence-electron chi connectivity index (χ3n) is 3.30. The summed E-state index contributed by atoms with van der Waals surface area (Å²) in [5, 5.41) is 15.5. The number of nitrogens with two attached hydrogens (primary N) is 1. The molecule has 4 N–H and O–H groups in total. The van der Waals surface area contributed by atoms with E-state index < -0.39 is 30.2 Å². The lowest BCUT2D eigenvalue weighted by molar-refractivity contribution is -0.143. The third-order valence-corrected chi connectivity index (χ3v) is 3.30. The molecule has 0 spiro atoms. The molecule has 0 aliphatic heterocycles. The highest BCUT2D eigenvalue weighted by Crippen LogP contribution is 2.14. The second-order valence-electron chi connectivity index (χ2n) is 4.90. The van der Waals surface area contributed by atoms with E-state index in [0.29, 0.717) is 6.42 Å². The predicted octanol–water partition coefficient (Wildman–Crippen LogP) is -0.586. The number of carboxylic acids is 1. The van der Waals surface area contributed by atoms with E-state index in [2.05, 4.69) is 10.4 Å². The van der Waals surface area contributed by atoms with Gasteiger partial charge in [0.25, 0.3) is 0 Å². The van der Waals surface area contributed by atoms with Gasteiger partial charge in [-0.3, -0.25) is 14.3 Å². The number of aliphatic carboxylic acids is 1. The lowest BCUT2D eigenvalue weighted by Gasteiger charge is -2.12. The first-order chi connectivity index (χ1) is 9.72. The number of amides is 2. The molecule has 0 aliphatic carbocycles. The fourth-order valence-corrected chi connectivity index (χ4v) is 2.09. The van der Waals surface area contributed by atoms with Crippen LogP contribution in [0.5, 0.6) is 0 Å². The Labute approximate surface area is 122 Å². The molecule has 1 aromatic heterocycles. The number of primary amides is 1. The Hall–Kier alpha value is -2.38. The average molecular weight is 296 g/mol. The van der Waals surface area contributed by atoms with Crippen molar-refractivity contribution in [2.24, 2.45) is 12.8 Å². The minimum Gasteiger partial charge on any atom is -0.480 e. The molecule has 0 saturated carbocycles. The lowest BCUT2D eigenvalue weighted by atomic mass is 10.1. The summed E-state index contributed by atoms with van der Waals surface area (Å²) in [4.78, 5) is 33.5. The van der Waals surface area contributed by atoms with Crippen LogP contribution in [0.2, 0.25) is 0 Å². The van der Waals surface area contributed by atoms with E-state index in [-0.39, 0.29) is 6.42 Å². The van der Waals surface area contributed by atoms with Gasteiger partial charge in [-0.2, -0.15) is 5.10 Å². The van der Waals surface area contributed by atoms with Crippen molar-refractivity contribution < 1.29 is 19.5 Å². The van der Waals surface area contributed by atoms with Crippen molar-refractivity contribution in [3.05, 3.63) is 17.0 Å². The van der Waals surface area contributed by atoms with Crippen LogP contribution in [0, 0.1) is 13.8 Å². The average Bonchev–Trinajstić information content (AvgIpc) is 2.60. The molecule has 0 aliphatic rings. The van der Waals surface area contributed by atoms with E-state index in [9.17, 15) is 14.4 Å². The largest absolute Gasteiger partial charge is 0.480 e. The number of nitrogens with one attached hydrogen (secondary N) is 1. The summed E-state index contributed by atoms with van der Waals surface area (Å²) in [6.07, 6.45) is 0.155. The number of hydrogen-bond acceptors (Lipinski definition) is 4. The quantitative estimate of drug-likeness (QED) is 0.620. The maximum Gasteiger partial charge on any atom is 0.326 e. The van der Waals surface area contributed by atoms with Gasteiger partial charge in [-0.15, -0.1) is 0 Å². The fourth-order valence-electron chi connectivity index (χ4n) is 2.09. The van der Waals surface area contributed by atoms with Crippen molar-refractivity contribution in [3.8, 4) is 0 Å². The highest BCUT2D eigenvalue weighted by molar-refractivity contribution is 5.88. The Kier molecular flexibility index (Phi) is 5.45. The topological polar surface area (TPSA) is 127 Å². The van der Waals surface area contributed by atoms with Crippen LogP contribution in [-0.2, 0) is 27.9 Å². The molecule has 2 amide bonds. The van der Waals surface area contributed by atoms with Crippen LogP contribution in [0.4, 0.5) is 0 Å². The Morgan fingerprint density at radius 3 is 2.43 bits per heavy atom. The first-order valence-electron chi connectivity index (χ1n) is 6.52. The van der Waals surface area contributed by atoms with Gasteiger partial charge in [0.05, 0.1) is 12.1 Å². The first-order valence-corrected chi connectivity index (χ1v) is 6.52. The summed E-state index contributed by atoms with van der Waals surface area (Å²) in [5.41, 5.74) is 7.72. The van der Waals surface area contributed by atoms with Gasteiger partial charge in [0.1, 0.15) is 6.04 Å². The van der Waals surface area contributed by atoms with Gasteiger partial charge < -0.3 is 16.2 Å². The second-order valence-corrected chi connectivity index (χ2v) is 4.90. The van der Waals surface area contributed by atoms with E-state index in [1.165, 1.54) is 0 Å². The van der Waals surface area contributed by atoms with Crippen molar-refractivity contribution >= 4 is 17.8 Å². The van der Waals surface area contributed by atoms with E-state index in [0.717, 1.165) is 17.0 Å². The molecule has 0 radical (unpaired) electrons. The van der Waals surface area contributed by atoms with Crippen LogP contribution in [-0.4, -0.2) is 38.7 Å². The number of aryl methyl sites for hydroxylation is 2. The number of aromatic nitrogens is 2. The Bertz CT molecular complexity index is 565. The monoisotopic (exact) mass is 296 g/mol. The van der Waals surface area contributed by atoms with Crippen LogP contribution in [0.25, 0.3) is 0 Å². The summed E-state index contributed by atoms with van der Waals surface area (Å²) in [6.45, 7) is 3.76. The van der Waals surface area contributed by atoms with Crippen LogP contribution in [0.1, 0.15) is 29.8 Å². The lowest BCUT2D eigenvalue weighted by Crippen LogP contribution is -2.43. The van der Waals surface area contributed by atoms with E-state index in [1.807, 2.05) is 20.9 Å². The molecule has 0 aromatic carbocycles. The molecule has 0 bridgehead atoms. The SMILES string of the molecule is Cc1nn(C)c(C)c1CCC(=O)N[C@H](CC(N)=O)C(=O)O. The standard InChI is InChI=1S/C13H20N4O4/c1-7-9(8(2)17(3)16-7)4-5-12(19)15-10(13(20)21)6-11(14)18/h10H,4-6H2,1-3H3,(H2,14,18)(H,15,19)(H,20,21)/t10-/m1/s1. The zero-order chi connectivity index (χ0) is 16.2. The molecule has 1 atom stereocenters. The summed E-state index contributed by atoms with van der Waals surface area (Å²) < 4.78 is 1.73. The van der Waals surface area contributed by atoms with E-state index in [1.54, 1.807) is 4.68 Å². The van der Waals surface area contributed by atoms with Gasteiger partial charge >= 0.3 is 5.97 Å². The molecule has 8 nitrogen and oxygen atoms in total. The zero-order valence-electron chi connectivity index (χ0n) is 12.3. The van der Waals surface area contributed by atoms with Gasteiger partial charge in [-0.25, -0.2) is 4.79 Å². The zero-order valence-corrected chi connectivity index (χ0v) is 12.3. The van der Waals surface area contributed by atoms with E-state index in [4.69, 9.17) is 10.8 Å². The molecule has 0 fully saturated rings. The number of carbonyl (C=O) groups excluding carboxylic acids is 2. The third kappa shape index (κ3) is 4.59.